The monoisotopic (exact) mass is 345 g/mol. The first-order chi connectivity index (χ1) is 12.0. The number of benzene rings is 1. The van der Waals surface area contributed by atoms with E-state index in [0.29, 0.717) is 35.5 Å². The van der Waals surface area contributed by atoms with Gasteiger partial charge in [0.25, 0.3) is 11.8 Å². The van der Waals surface area contributed by atoms with E-state index in [-0.39, 0.29) is 18.4 Å². The van der Waals surface area contributed by atoms with Gasteiger partial charge in [-0.1, -0.05) is 13.8 Å². The lowest BCUT2D eigenvalue weighted by atomic mass is 10.0. The number of amides is 2. The SMILES string of the molecule is CC(C)C[C@H](CNC(=O)c1ccc2c(c1)OCC(=O)N2)N1CCCC1. The third-order valence-electron chi connectivity index (χ3n) is 4.78. The number of nitrogens with one attached hydrogen (secondary N) is 2. The molecule has 1 aromatic rings. The smallest absolute Gasteiger partial charge is 0.262 e. The van der Waals surface area contributed by atoms with Gasteiger partial charge in [0.05, 0.1) is 5.69 Å². The zero-order valence-corrected chi connectivity index (χ0v) is 15.0. The minimum atomic E-state index is -0.174. The highest BCUT2D eigenvalue weighted by atomic mass is 16.5. The van der Waals surface area contributed by atoms with Crippen molar-refractivity contribution < 1.29 is 14.3 Å². The van der Waals surface area contributed by atoms with Crippen LogP contribution >= 0.6 is 0 Å². The molecule has 2 amide bonds. The molecule has 136 valence electrons. The van der Waals surface area contributed by atoms with E-state index in [2.05, 4.69) is 29.4 Å². The molecule has 1 aromatic carbocycles. The molecule has 25 heavy (non-hydrogen) atoms. The van der Waals surface area contributed by atoms with Crippen LogP contribution in [0.5, 0.6) is 5.75 Å². The number of hydrogen-bond donors (Lipinski definition) is 2. The molecule has 6 heteroatoms. The lowest BCUT2D eigenvalue weighted by Crippen LogP contribution is -2.43. The van der Waals surface area contributed by atoms with E-state index in [1.54, 1.807) is 18.2 Å². The predicted molar refractivity (Wildman–Crippen MR) is 96.9 cm³/mol. The third-order valence-corrected chi connectivity index (χ3v) is 4.78. The number of hydrogen-bond acceptors (Lipinski definition) is 4. The Morgan fingerprint density at radius 3 is 2.80 bits per heavy atom. The fraction of sp³-hybridized carbons (Fsp3) is 0.579. The average Bonchev–Trinajstić information content (AvgIpc) is 3.12. The van der Waals surface area contributed by atoms with Gasteiger partial charge in [0.15, 0.2) is 6.61 Å². The number of anilines is 1. The predicted octanol–water partition coefficient (Wildman–Crippen LogP) is 2.26. The second kappa shape index (κ2) is 7.87. The van der Waals surface area contributed by atoms with E-state index in [0.717, 1.165) is 19.5 Å². The first-order valence-corrected chi connectivity index (χ1v) is 9.12. The van der Waals surface area contributed by atoms with Crippen LogP contribution in [-0.2, 0) is 4.79 Å². The molecule has 2 aliphatic rings. The van der Waals surface area contributed by atoms with Crippen LogP contribution in [0.15, 0.2) is 18.2 Å². The van der Waals surface area contributed by atoms with Crippen molar-refractivity contribution in [2.24, 2.45) is 5.92 Å². The summed E-state index contributed by atoms with van der Waals surface area (Å²) < 4.78 is 5.39. The zero-order chi connectivity index (χ0) is 17.8. The Bertz CT molecular complexity index is 639. The summed E-state index contributed by atoms with van der Waals surface area (Å²) in [6.45, 7) is 7.34. The maximum atomic E-state index is 12.5. The Hall–Kier alpha value is -2.08. The molecule has 0 saturated carbocycles. The minimum absolute atomic E-state index is 0.0104. The van der Waals surface area contributed by atoms with Crippen molar-refractivity contribution in [3.05, 3.63) is 23.8 Å². The number of rotatable bonds is 6. The van der Waals surface area contributed by atoms with Gasteiger partial charge >= 0.3 is 0 Å². The molecular formula is C19H27N3O3. The molecule has 0 bridgehead atoms. The second-order valence-electron chi connectivity index (χ2n) is 7.28. The van der Waals surface area contributed by atoms with Crippen LogP contribution in [-0.4, -0.2) is 49.0 Å². The van der Waals surface area contributed by atoms with Gasteiger partial charge in [-0.25, -0.2) is 0 Å². The average molecular weight is 345 g/mol. The summed E-state index contributed by atoms with van der Waals surface area (Å²) in [4.78, 5) is 26.3. The van der Waals surface area contributed by atoms with Crippen LogP contribution < -0.4 is 15.4 Å². The summed E-state index contributed by atoms with van der Waals surface area (Å²) in [5.74, 6) is 0.872. The number of carbonyl (C=O) groups is 2. The van der Waals surface area contributed by atoms with Gasteiger partial charge < -0.3 is 15.4 Å². The van der Waals surface area contributed by atoms with Gasteiger partial charge in [-0.2, -0.15) is 0 Å². The summed E-state index contributed by atoms with van der Waals surface area (Å²) >= 11 is 0. The molecule has 3 rings (SSSR count). The van der Waals surface area contributed by atoms with Gasteiger partial charge in [-0.05, 0) is 56.5 Å². The van der Waals surface area contributed by atoms with Crippen molar-refractivity contribution in [3.63, 3.8) is 0 Å². The fourth-order valence-corrected chi connectivity index (χ4v) is 3.54. The van der Waals surface area contributed by atoms with Gasteiger partial charge in [-0.15, -0.1) is 0 Å². The molecule has 2 aliphatic heterocycles. The first-order valence-electron chi connectivity index (χ1n) is 9.12. The number of fused-ring (bicyclic) bond motifs is 1. The number of likely N-dealkylation sites (tertiary alicyclic amines) is 1. The highest BCUT2D eigenvalue weighted by Gasteiger charge is 2.24. The topological polar surface area (TPSA) is 70.7 Å². The van der Waals surface area contributed by atoms with Crippen molar-refractivity contribution in [2.45, 2.75) is 39.2 Å². The summed E-state index contributed by atoms with van der Waals surface area (Å²) in [7, 11) is 0. The van der Waals surface area contributed by atoms with Crippen molar-refractivity contribution in [2.75, 3.05) is 31.6 Å². The molecule has 2 N–H and O–H groups in total. The van der Waals surface area contributed by atoms with E-state index >= 15 is 0 Å². The van der Waals surface area contributed by atoms with Crippen LogP contribution in [0, 0.1) is 5.92 Å². The fourth-order valence-electron chi connectivity index (χ4n) is 3.54. The van der Waals surface area contributed by atoms with Crippen LogP contribution in [0.2, 0.25) is 0 Å². The summed E-state index contributed by atoms with van der Waals surface area (Å²) in [5.41, 5.74) is 1.17. The molecule has 1 atom stereocenters. The van der Waals surface area contributed by atoms with E-state index in [9.17, 15) is 9.59 Å². The molecule has 2 heterocycles. The molecule has 0 aliphatic carbocycles. The van der Waals surface area contributed by atoms with Crippen molar-refractivity contribution in [3.8, 4) is 5.75 Å². The van der Waals surface area contributed by atoms with Crippen molar-refractivity contribution in [1.29, 1.82) is 0 Å². The molecule has 6 nitrogen and oxygen atoms in total. The van der Waals surface area contributed by atoms with Crippen LogP contribution in [0.3, 0.4) is 0 Å². The maximum Gasteiger partial charge on any atom is 0.262 e. The van der Waals surface area contributed by atoms with Gasteiger partial charge in [-0.3, -0.25) is 14.5 Å². The minimum Gasteiger partial charge on any atom is -0.482 e. The van der Waals surface area contributed by atoms with Crippen LogP contribution in [0.25, 0.3) is 0 Å². The van der Waals surface area contributed by atoms with Crippen LogP contribution in [0.4, 0.5) is 5.69 Å². The molecule has 0 aromatic heterocycles. The number of ether oxygens (including phenoxy) is 1. The first kappa shape index (κ1) is 17.7. The Morgan fingerprint density at radius 1 is 1.32 bits per heavy atom. The van der Waals surface area contributed by atoms with Crippen molar-refractivity contribution >= 4 is 17.5 Å². The van der Waals surface area contributed by atoms with Gasteiger partial charge in [0.1, 0.15) is 5.75 Å². The van der Waals surface area contributed by atoms with Crippen molar-refractivity contribution in [1.82, 2.24) is 10.2 Å². The van der Waals surface area contributed by atoms with Gasteiger partial charge in [0.2, 0.25) is 0 Å². The zero-order valence-electron chi connectivity index (χ0n) is 15.0. The molecule has 0 radical (unpaired) electrons. The van der Waals surface area contributed by atoms with E-state index < -0.39 is 0 Å². The summed E-state index contributed by atoms with van der Waals surface area (Å²) in [5, 5.41) is 5.81. The second-order valence-corrected chi connectivity index (χ2v) is 7.28. The number of nitrogens with zero attached hydrogens (tertiary/aromatic N) is 1. The van der Waals surface area contributed by atoms with Gasteiger partial charge in [0, 0.05) is 18.2 Å². The molecular weight excluding hydrogens is 318 g/mol. The Labute approximate surface area is 148 Å². The Kier molecular flexibility index (Phi) is 5.58. The quantitative estimate of drug-likeness (QED) is 0.830. The largest absolute Gasteiger partial charge is 0.482 e. The Balaban J connectivity index is 1.61. The van der Waals surface area contributed by atoms with E-state index in [1.807, 2.05) is 0 Å². The lowest BCUT2D eigenvalue weighted by molar-refractivity contribution is -0.118. The van der Waals surface area contributed by atoms with E-state index in [4.69, 9.17) is 4.74 Å². The molecule has 0 unspecified atom stereocenters. The molecule has 1 fully saturated rings. The highest BCUT2D eigenvalue weighted by molar-refractivity contribution is 5.98. The Morgan fingerprint density at radius 2 is 2.08 bits per heavy atom. The summed E-state index contributed by atoms with van der Waals surface area (Å²) in [6.07, 6.45) is 3.58. The standard InChI is InChI=1S/C19H27N3O3/c1-13(2)9-15(22-7-3-4-8-22)11-20-19(24)14-5-6-16-17(10-14)25-12-18(23)21-16/h5-6,10,13,15H,3-4,7-9,11-12H2,1-2H3,(H,20,24)(H,21,23)/t15-/m1/s1. The molecule has 0 spiro atoms. The normalized spacial score (nSPS) is 18.4. The third kappa shape index (κ3) is 4.51. The summed E-state index contributed by atoms with van der Waals surface area (Å²) in [6, 6.07) is 5.51. The van der Waals surface area contributed by atoms with E-state index in [1.165, 1.54) is 12.8 Å². The maximum absolute atomic E-state index is 12.5. The lowest BCUT2D eigenvalue weighted by Gasteiger charge is -2.29. The van der Waals surface area contributed by atoms with Crippen LogP contribution in [0.1, 0.15) is 43.5 Å². The highest BCUT2D eigenvalue weighted by Crippen LogP contribution is 2.28. The number of carbonyl (C=O) groups excluding carboxylic acids is 2. The molecule has 1 saturated heterocycles.